The van der Waals surface area contributed by atoms with Crippen LogP contribution in [-0.4, -0.2) is 59.2 Å². The fourth-order valence-corrected chi connectivity index (χ4v) is 2.84. The highest BCUT2D eigenvalue weighted by Crippen LogP contribution is 2.22. The van der Waals surface area contributed by atoms with Crippen LogP contribution in [0.2, 0.25) is 0 Å². The Morgan fingerprint density at radius 1 is 1.20 bits per heavy atom. The molecule has 1 aliphatic heterocycles. The van der Waals surface area contributed by atoms with Gasteiger partial charge in [0.25, 0.3) is 11.5 Å². The number of likely N-dealkylation sites (tertiary alicyclic amines) is 1. The van der Waals surface area contributed by atoms with E-state index >= 15 is 0 Å². The van der Waals surface area contributed by atoms with Crippen LogP contribution in [0.1, 0.15) is 50.0 Å². The maximum absolute atomic E-state index is 12.4. The maximum atomic E-state index is 12.4. The van der Waals surface area contributed by atoms with Gasteiger partial charge in [0.05, 0.1) is 0 Å². The highest BCUT2D eigenvalue weighted by Gasteiger charge is 2.27. The van der Waals surface area contributed by atoms with Crippen molar-refractivity contribution in [3.63, 3.8) is 0 Å². The predicted molar refractivity (Wildman–Crippen MR) is 94.8 cm³/mol. The number of piperidine rings is 1. The molecule has 1 aromatic heterocycles. The molecule has 7 nitrogen and oxygen atoms in total. The summed E-state index contributed by atoms with van der Waals surface area (Å²) in [5.74, 6) is -0.191. The lowest BCUT2D eigenvalue weighted by Gasteiger charge is -2.34. The van der Waals surface area contributed by atoms with Crippen LogP contribution in [0.4, 0.5) is 4.79 Å². The molecule has 0 saturated carbocycles. The van der Waals surface area contributed by atoms with Gasteiger partial charge in [-0.1, -0.05) is 0 Å². The minimum atomic E-state index is -0.514. The number of rotatable bonds is 2. The second-order valence-corrected chi connectivity index (χ2v) is 7.56. The molecule has 0 bridgehead atoms. The molecule has 0 radical (unpaired) electrons. The van der Waals surface area contributed by atoms with Crippen LogP contribution in [0, 0.1) is 0 Å². The van der Waals surface area contributed by atoms with E-state index in [-0.39, 0.29) is 23.6 Å². The van der Waals surface area contributed by atoms with Crippen molar-refractivity contribution in [2.45, 2.75) is 45.3 Å². The number of pyridine rings is 1. The molecule has 2 heterocycles. The lowest BCUT2D eigenvalue weighted by atomic mass is 10.0. The summed E-state index contributed by atoms with van der Waals surface area (Å²) in [6.45, 7) is 6.62. The summed E-state index contributed by atoms with van der Waals surface area (Å²) >= 11 is 0. The minimum absolute atomic E-state index is 0.0229. The molecule has 2 rings (SSSR count). The zero-order chi connectivity index (χ0) is 18.8. The molecule has 1 fully saturated rings. The number of amides is 2. The Hall–Kier alpha value is -2.31. The Balaban J connectivity index is 2.02. The van der Waals surface area contributed by atoms with E-state index in [2.05, 4.69) is 0 Å². The first-order valence-electron chi connectivity index (χ1n) is 8.50. The normalized spacial score (nSPS) is 15.8. The van der Waals surface area contributed by atoms with E-state index in [1.165, 1.54) is 11.0 Å². The van der Waals surface area contributed by atoms with E-state index in [4.69, 9.17) is 4.74 Å². The van der Waals surface area contributed by atoms with E-state index in [1.54, 1.807) is 35.8 Å². The van der Waals surface area contributed by atoms with Crippen LogP contribution in [0.3, 0.4) is 0 Å². The molecule has 7 heteroatoms. The molecule has 0 N–H and O–H groups in total. The van der Waals surface area contributed by atoms with Crippen LogP contribution in [0.25, 0.3) is 0 Å². The van der Waals surface area contributed by atoms with Crippen molar-refractivity contribution in [2.75, 3.05) is 27.2 Å². The number of hydrogen-bond donors (Lipinski definition) is 0. The first-order chi connectivity index (χ1) is 11.6. The van der Waals surface area contributed by atoms with Crippen molar-refractivity contribution in [1.29, 1.82) is 0 Å². The van der Waals surface area contributed by atoms with E-state index in [9.17, 15) is 14.4 Å². The Morgan fingerprint density at radius 2 is 1.80 bits per heavy atom. The summed E-state index contributed by atoms with van der Waals surface area (Å²) < 4.78 is 7.03. The summed E-state index contributed by atoms with van der Waals surface area (Å²) in [6.07, 6.45) is 2.72. The molecule has 1 saturated heterocycles. The van der Waals surface area contributed by atoms with Crippen LogP contribution in [0.15, 0.2) is 23.1 Å². The standard InChI is InChI=1S/C18H27N3O4/c1-18(2,3)25-17(24)20-9-7-14(8-10-20)21-11-6-13(12-15(21)22)16(23)19(4)5/h6,11-12,14H,7-10H2,1-5H3. The van der Waals surface area contributed by atoms with Gasteiger partial charge in [0.15, 0.2) is 0 Å². The van der Waals surface area contributed by atoms with Gasteiger partial charge < -0.3 is 19.1 Å². The third-order valence-electron chi connectivity index (χ3n) is 4.11. The Bertz CT molecular complexity index is 695. The lowest BCUT2D eigenvalue weighted by Crippen LogP contribution is -2.43. The van der Waals surface area contributed by atoms with Gasteiger partial charge in [-0.15, -0.1) is 0 Å². The molecule has 0 spiro atoms. The number of aromatic nitrogens is 1. The van der Waals surface area contributed by atoms with Crippen molar-refractivity contribution < 1.29 is 14.3 Å². The van der Waals surface area contributed by atoms with E-state index in [1.807, 2.05) is 20.8 Å². The molecule has 0 atom stereocenters. The number of carbonyl (C=O) groups excluding carboxylic acids is 2. The SMILES string of the molecule is CN(C)C(=O)c1ccn(C2CCN(C(=O)OC(C)(C)C)CC2)c(=O)c1. The molecule has 0 aromatic carbocycles. The van der Waals surface area contributed by atoms with Gasteiger partial charge in [-0.05, 0) is 39.7 Å². The fourth-order valence-electron chi connectivity index (χ4n) is 2.84. The molecule has 138 valence electrons. The molecule has 1 aromatic rings. The quantitative estimate of drug-likeness (QED) is 0.820. The highest BCUT2D eigenvalue weighted by atomic mass is 16.6. The zero-order valence-corrected chi connectivity index (χ0v) is 15.6. The monoisotopic (exact) mass is 349 g/mol. The maximum Gasteiger partial charge on any atom is 0.410 e. The number of nitrogens with zero attached hydrogens (tertiary/aromatic N) is 3. The average Bonchev–Trinajstić information content (AvgIpc) is 2.52. The Morgan fingerprint density at radius 3 is 2.28 bits per heavy atom. The summed E-state index contributed by atoms with van der Waals surface area (Å²) in [5, 5.41) is 0. The van der Waals surface area contributed by atoms with Crippen molar-refractivity contribution in [2.24, 2.45) is 0 Å². The van der Waals surface area contributed by atoms with Crippen molar-refractivity contribution in [3.05, 3.63) is 34.2 Å². The topological polar surface area (TPSA) is 71.8 Å². The van der Waals surface area contributed by atoms with Crippen molar-refractivity contribution >= 4 is 12.0 Å². The van der Waals surface area contributed by atoms with Crippen LogP contribution < -0.4 is 5.56 Å². The highest BCUT2D eigenvalue weighted by molar-refractivity contribution is 5.93. The molecular formula is C18H27N3O4. The molecule has 2 amide bonds. The van der Waals surface area contributed by atoms with E-state index in [0.29, 0.717) is 31.5 Å². The molecule has 0 aliphatic carbocycles. The Kier molecular flexibility index (Phi) is 5.55. The summed E-state index contributed by atoms with van der Waals surface area (Å²) in [6, 6.07) is 3.07. The fraction of sp³-hybridized carbons (Fsp3) is 0.611. The number of carbonyl (C=O) groups is 2. The van der Waals surface area contributed by atoms with Gasteiger partial charge in [0, 0.05) is 51.1 Å². The first kappa shape index (κ1) is 19.0. The second-order valence-electron chi connectivity index (χ2n) is 7.56. The first-order valence-corrected chi connectivity index (χ1v) is 8.50. The van der Waals surface area contributed by atoms with E-state index < -0.39 is 5.60 Å². The molecular weight excluding hydrogens is 322 g/mol. The molecule has 25 heavy (non-hydrogen) atoms. The van der Waals surface area contributed by atoms with Gasteiger partial charge in [-0.3, -0.25) is 9.59 Å². The molecule has 0 unspecified atom stereocenters. The summed E-state index contributed by atoms with van der Waals surface area (Å²) in [7, 11) is 3.31. The zero-order valence-electron chi connectivity index (χ0n) is 15.6. The van der Waals surface area contributed by atoms with Gasteiger partial charge in [0.2, 0.25) is 0 Å². The van der Waals surface area contributed by atoms with Crippen molar-refractivity contribution in [3.8, 4) is 0 Å². The minimum Gasteiger partial charge on any atom is -0.444 e. The lowest BCUT2D eigenvalue weighted by molar-refractivity contribution is 0.0187. The largest absolute Gasteiger partial charge is 0.444 e. The summed E-state index contributed by atoms with van der Waals surface area (Å²) in [4.78, 5) is 39.5. The van der Waals surface area contributed by atoms with Gasteiger partial charge in [-0.25, -0.2) is 4.79 Å². The third kappa shape index (κ3) is 4.84. The van der Waals surface area contributed by atoms with Crippen LogP contribution in [0.5, 0.6) is 0 Å². The second kappa shape index (κ2) is 7.29. The number of ether oxygens (including phenoxy) is 1. The van der Waals surface area contributed by atoms with Gasteiger partial charge in [0.1, 0.15) is 5.60 Å². The Labute approximate surface area is 148 Å². The van der Waals surface area contributed by atoms with Crippen molar-refractivity contribution in [1.82, 2.24) is 14.4 Å². The third-order valence-corrected chi connectivity index (χ3v) is 4.11. The van der Waals surface area contributed by atoms with Crippen LogP contribution in [-0.2, 0) is 4.74 Å². The smallest absolute Gasteiger partial charge is 0.410 e. The summed E-state index contributed by atoms with van der Waals surface area (Å²) in [5.41, 5.74) is -0.319. The average molecular weight is 349 g/mol. The molecule has 1 aliphatic rings. The van der Waals surface area contributed by atoms with Gasteiger partial charge >= 0.3 is 6.09 Å². The van der Waals surface area contributed by atoms with Crippen LogP contribution >= 0.6 is 0 Å². The number of hydrogen-bond acceptors (Lipinski definition) is 4. The van der Waals surface area contributed by atoms with Gasteiger partial charge in [-0.2, -0.15) is 0 Å². The van der Waals surface area contributed by atoms with E-state index in [0.717, 1.165) is 0 Å². The predicted octanol–water partition coefficient (Wildman–Crippen LogP) is 2.12.